The number of hydrogen-bond acceptors (Lipinski definition) is 4. The zero-order chi connectivity index (χ0) is 19.7. The summed E-state index contributed by atoms with van der Waals surface area (Å²) in [5.41, 5.74) is 0.227. The highest BCUT2D eigenvalue weighted by atomic mass is 32.1. The molecule has 0 spiro atoms. The summed E-state index contributed by atoms with van der Waals surface area (Å²) >= 11 is 1.70. The van der Waals surface area contributed by atoms with E-state index < -0.39 is 0 Å². The zero-order valence-corrected chi connectivity index (χ0v) is 17.9. The molecule has 4 saturated carbocycles. The van der Waals surface area contributed by atoms with Crippen LogP contribution in [0.3, 0.4) is 0 Å². The summed E-state index contributed by atoms with van der Waals surface area (Å²) in [7, 11) is 4.04. The smallest absolute Gasteiger partial charge is 0.239 e. The maximum absolute atomic E-state index is 12.6. The molecule has 0 aliphatic heterocycles. The number of likely N-dealkylation sites (N-methyl/N-ethyl adjacent to an activating group) is 1. The van der Waals surface area contributed by atoms with E-state index in [4.69, 9.17) is 0 Å². The third-order valence-corrected chi connectivity index (χ3v) is 8.11. The number of nitrogens with one attached hydrogen (secondary N) is 2. The Kier molecular flexibility index (Phi) is 5.79. The SMILES string of the molecule is CN(C)C(CNC(=O)CNC(=O)CC12CC3CC(CC(C3)C1)C2)c1cccs1. The van der Waals surface area contributed by atoms with Gasteiger partial charge in [0.15, 0.2) is 0 Å². The molecule has 2 amide bonds. The minimum absolute atomic E-state index is 0.0551. The van der Waals surface area contributed by atoms with Crippen molar-refractivity contribution < 1.29 is 9.59 Å². The summed E-state index contributed by atoms with van der Waals surface area (Å²) < 4.78 is 0. The zero-order valence-electron chi connectivity index (χ0n) is 17.1. The van der Waals surface area contributed by atoms with E-state index in [1.165, 1.54) is 43.4 Å². The normalized spacial score (nSPS) is 31.8. The fourth-order valence-corrected chi connectivity index (χ4v) is 7.30. The van der Waals surface area contributed by atoms with Gasteiger partial charge in [0.05, 0.1) is 12.6 Å². The molecule has 6 heteroatoms. The van der Waals surface area contributed by atoms with E-state index in [1.807, 2.05) is 20.2 Å². The molecule has 5 nitrogen and oxygen atoms in total. The van der Waals surface area contributed by atoms with E-state index in [1.54, 1.807) is 11.3 Å². The molecular formula is C22H33N3O2S. The topological polar surface area (TPSA) is 61.4 Å². The first-order valence-corrected chi connectivity index (χ1v) is 11.5. The van der Waals surface area contributed by atoms with Crippen molar-refractivity contribution in [3.63, 3.8) is 0 Å². The summed E-state index contributed by atoms with van der Waals surface area (Å²) in [6.45, 7) is 0.632. The van der Waals surface area contributed by atoms with Crippen LogP contribution in [0, 0.1) is 23.2 Å². The fraction of sp³-hybridized carbons (Fsp3) is 0.727. The molecule has 1 atom stereocenters. The minimum Gasteiger partial charge on any atom is -0.353 e. The average molecular weight is 404 g/mol. The van der Waals surface area contributed by atoms with Gasteiger partial charge in [-0.1, -0.05) is 6.07 Å². The second-order valence-electron chi connectivity index (χ2n) is 9.67. The highest BCUT2D eigenvalue weighted by molar-refractivity contribution is 7.10. The van der Waals surface area contributed by atoms with E-state index in [0.29, 0.717) is 13.0 Å². The predicted molar refractivity (Wildman–Crippen MR) is 112 cm³/mol. The molecule has 1 aromatic heterocycles. The lowest BCUT2D eigenvalue weighted by molar-refractivity contribution is -0.132. The Morgan fingerprint density at radius 1 is 1.11 bits per heavy atom. The van der Waals surface area contributed by atoms with Gasteiger partial charge in [0.2, 0.25) is 11.8 Å². The van der Waals surface area contributed by atoms with Gasteiger partial charge < -0.3 is 15.5 Å². The van der Waals surface area contributed by atoms with Crippen LogP contribution in [0.25, 0.3) is 0 Å². The minimum atomic E-state index is -0.109. The van der Waals surface area contributed by atoms with Gasteiger partial charge in [0, 0.05) is 17.8 Å². The van der Waals surface area contributed by atoms with Gasteiger partial charge in [-0.15, -0.1) is 11.3 Å². The van der Waals surface area contributed by atoms with Crippen LogP contribution in [-0.4, -0.2) is 43.9 Å². The number of rotatable bonds is 8. The number of carbonyl (C=O) groups excluding carboxylic acids is 2. The molecule has 1 heterocycles. The van der Waals surface area contributed by atoms with Crippen molar-refractivity contribution in [1.82, 2.24) is 15.5 Å². The Balaban J connectivity index is 1.22. The number of hydrogen-bond donors (Lipinski definition) is 2. The van der Waals surface area contributed by atoms with Crippen molar-refractivity contribution >= 4 is 23.2 Å². The molecule has 2 N–H and O–H groups in total. The van der Waals surface area contributed by atoms with E-state index in [-0.39, 0.29) is 29.8 Å². The molecule has 1 aromatic rings. The van der Waals surface area contributed by atoms with E-state index in [9.17, 15) is 9.59 Å². The maximum atomic E-state index is 12.6. The van der Waals surface area contributed by atoms with Crippen molar-refractivity contribution in [2.45, 2.75) is 51.0 Å². The van der Waals surface area contributed by atoms with Crippen LogP contribution in [-0.2, 0) is 9.59 Å². The van der Waals surface area contributed by atoms with Crippen molar-refractivity contribution in [1.29, 1.82) is 0 Å². The lowest BCUT2D eigenvalue weighted by atomic mass is 9.49. The Bertz CT molecular complexity index is 665. The number of carbonyl (C=O) groups is 2. The lowest BCUT2D eigenvalue weighted by Crippen LogP contribution is -2.48. The average Bonchev–Trinajstić information content (AvgIpc) is 3.12. The van der Waals surface area contributed by atoms with Gasteiger partial charge >= 0.3 is 0 Å². The second-order valence-corrected chi connectivity index (χ2v) is 10.6. The van der Waals surface area contributed by atoms with Crippen LogP contribution in [0.2, 0.25) is 0 Å². The number of nitrogens with zero attached hydrogens (tertiary/aromatic N) is 1. The largest absolute Gasteiger partial charge is 0.353 e. The van der Waals surface area contributed by atoms with Crippen LogP contribution in [0.5, 0.6) is 0 Å². The van der Waals surface area contributed by atoms with Crippen molar-refractivity contribution in [3.8, 4) is 0 Å². The number of amides is 2. The van der Waals surface area contributed by atoms with E-state index in [0.717, 1.165) is 17.8 Å². The predicted octanol–water partition coefficient (Wildman–Crippen LogP) is 3.19. The molecule has 4 bridgehead atoms. The van der Waals surface area contributed by atoms with Gasteiger partial charge in [-0.2, -0.15) is 0 Å². The van der Waals surface area contributed by atoms with Gasteiger partial charge in [0.1, 0.15) is 0 Å². The first-order chi connectivity index (χ1) is 13.4. The van der Waals surface area contributed by atoms with Gasteiger partial charge in [-0.3, -0.25) is 9.59 Å². The van der Waals surface area contributed by atoms with Crippen molar-refractivity contribution in [2.75, 3.05) is 27.2 Å². The van der Waals surface area contributed by atoms with Crippen LogP contribution < -0.4 is 10.6 Å². The fourth-order valence-electron chi connectivity index (χ4n) is 6.38. The highest BCUT2D eigenvalue weighted by Gasteiger charge is 2.51. The molecule has 154 valence electrons. The lowest BCUT2D eigenvalue weighted by Gasteiger charge is -2.56. The standard InChI is InChI=1S/C22H33N3O2S/c1-25(2)18(19-4-3-5-28-19)13-23-21(27)14-24-20(26)12-22-9-15-6-16(10-22)8-17(7-15)11-22/h3-5,15-18H,6-14H2,1-2H3,(H,23,27)(H,24,26). The van der Waals surface area contributed by atoms with Gasteiger partial charge in [-0.25, -0.2) is 0 Å². The molecular weight excluding hydrogens is 370 g/mol. The molecule has 1 unspecified atom stereocenters. The molecule has 5 rings (SSSR count). The summed E-state index contributed by atoms with van der Waals surface area (Å²) in [5.74, 6) is 2.49. The Morgan fingerprint density at radius 2 is 1.75 bits per heavy atom. The maximum Gasteiger partial charge on any atom is 0.239 e. The van der Waals surface area contributed by atoms with Gasteiger partial charge in [0.25, 0.3) is 0 Å². The summed E-state index contributed by atoms with van der Waals surface area (Å²) in [6, 6.07) is 4.28. The quantitative estimate of drug-likeness (QED) is 0.701. The summed E-state index contributed by atoms with van der Waals surface area (Å²) in [6.07, 6.45) is 8.46. The Hall–Kier alpha value is -1.40. The van der Waals surface area contributed by atoms with Gasteiger partial charge in [-0.05, 0) is 87.2 Å². The highest BCUT2D eigenvalue weighted by Crippen LogP contribution is 2.61. The van der Waals surface area contributed by atoms with Crippen molar-refractivity contribution in [2.24, 2.45) is 23.2 Å². The molecule has 4 aliphatic rings. The second kappa shape index (κ2) is 8.15. The van der Waals surface area contributed by atoms with E-state index in [2.05, 4.69) is 27.0 Å². The van der Waals surface area contributed by atoms with Crippen LogP contribution in [0.4, 0.5) is 0 Å². The summed E-state index contributed by atoms with van der Waals surface area (Å²) in [4.78, 5) is 28.2. The monoisotopic (exact) mass is 403 g/mol. The Morgan fingerprint density at radius 3 is 2.29 bits per heavy atom. The molecule has 0 radical (unpaired) electrons. The first-order valence-electron chi connectivity index (χ1n) is 10.7. The third kappa shape index (κ3) is 4.43. The first kappa shape index (κ1) is 19.9. The third-order valence-electron chi connectivity index (χ3n) is 7.13. The molecule has 4 fully saturated rings. The molecule has 4 aliphatic carbocycles. The number of thiophene rings is 1. The molecule has 0 aromatic carbocycles. The molecule has 0 saturated heterocycles. The van der Waals surface area contributed by atoms with E-state index >= 15 is 0 Å². The van der Waals surface area contributed by atoms with Crippen LogP contribution in [0.1, 0.15) is 55.9 Å². The summed E-state index contributed by atoms with van der Waals surface area (Å²) in [5, 5.41) is 7.92. The van der Waals surface area contributed by atoms with Crippen LogP contribution >= 0.6 is 11.3 Å². The Labute approximate surface area is 172 Å². The molecule has 28 heavy (non-hydrogen) atoms. The van der Waals surface area contributed by atoms with Crippen molar-refractivity contribution in [3.05, 3.63) is 22.4 Å². The van der Waals surface area contributed by atoms with Crippen LogP contribution in [0.15, 0.2) is 17.5 Å².